The molecule has 0 bridgehead atoms. The molecule has 0 saturated heterocycles. The molecule has 2 rings (SSSR count). The average Bonchev–Trinajstić information content (AvgIpc) is 2.90. The van der Waals surface area contributed by atoms with Crippen molar-refractivity contribution in [3.8, 4) is 0 Å². The maximum Gasteiger partial charge on any atom is 0.306 e. The first-order valence-electron chi connectivity index (χ1n) is 6.36. The highest BCUT2D eigenvalue weighted by molar-refractivity contribution is 6.34. The number of carboxylic acid groups (broad SMARTS) is 1. The number of nitro groups is 1. The van der Waals surface area contributed by atoms with E-state index in [1.807, 2.05) is 0 Å². The molecule has 1 aromatic rings. The number of carboxylic acids is 1. The van der Waals surface area contributed by atoms with Crippen LogP contribution < -0.4 is 5.32 Å². The topological polar surface area (TPSA) is 110 Å². The van der Waals surface area contributed by atoms with Crippen molar-refractivity contribution in [2.45, 2.75) is 19.3 Å². The number of rotatable bonds is 4. The first kappa shape index (κ1) is 15.2. The number of carbonyl (C=O) groups excluding carboxylic acids is 1. The number of anilines is 1. The monoisotopic (exact) mass is 312 g/mol. The predicted molar refractivity (Wildman–Crippen MR) is 75.2 cm³/mol. The van der Waals surface area contributed by atoms with Gasteiger partial charge in [0.1, 0.15) is 0 Å². The van der Waals surface area contributed by atoms with Gasteiger partial charge in [-0.3, -0.25) is 19.7 Å². The zero-order valence-corrected chi connectivity index (χ0v) is 11.7. The van der Waals surface area contributed by atoms with Crippen molar-refractivity contribution in [1.82, 2.24) is 0 Å². The molecular weight excluding hydrogens is 300 g/mol. The number of hydrogen-bond acceptors (Lipinski definition) is 4. The van der Waals surface area contributed by atoms with Gasteiger partial charge in [-0.05, 0) is 25.3 Å². The predicted octanol–water partition coefficient (Wildman–Crippen LogP) is 2.69. The first-order valence-corrected chi connectivity index (χ1v) is 6.74. The molecule has 112 valence electrons. The summed E-state index contributed by atoms with van der Waals surface area (Å²) in [5.41, 5.74) is 0.121. The van der Waals surface area contributed by atoms with Crippen molar-refractivity contribution < 1.29 is 19.6 Å². The minimum absolute atomic E-state index is 0.0744. The van der Waals surface area contributed by atoms with Crippen molar-refractivity contribution in [3.63, 3.8) is 0 Å². The molecule has 8 heteroatoms. The lowest BCUT2D eigenvalue weighted by atomic mass is 10.0. The number of nitrogens with zero attached hydrogens (tertiary/aromatic N) is 1. The number of non-ortho nitro benzene ring substituents is 1. The van der Waals surface area contributed by atoms with Crippen molar-refractivity contribution in [3.05, 3.63) is 33.3 Å². The van der Waals surface area contributed by atoms with Gasteiger partial charge in [-0.1, -0.05) is 11.6 Å². The molecule has 0 aliphatic heterocycles. The Morgan fingerprint density at radius 1 is 1.33 bits per heavy atom. The lowest BCUT2D eigenvalue weighted by Crippen LogP contribution is -2.21. The van der Waals surface area contributed by atoms with Crippen LogP contribution in [0.25, 0.3) is 0 Å². The van der Waals surface area contributed by atoms with Crippen molar-refractivity contribution in [2.24, 2.45) is 11.8 Å². The summed E-state index contributed by atoms with van der Waals surface area (Å²) in [6.07, 6.45) is 1.28. The minimum atomic E-state index is -0.890. The zero-order valence-electron chi connectivity index (χ0n) is 10.9. The van der Waals surface area contributed by atoms with Gasteiger partial charge in [0.05, 0.1) is 21.6 Å². The minimum Gasteiger partial charge on any atom is -0.481 e. The number of amides is 1. The van der Waals surface area contributed by atoms with Gasteiger partial charge in [-0.25, -0.2) is 0 Å². The molecule has 0 heterocycles. The Kier molecular flexibility index (Phi) is 4.42. The Bertz CT molecular complexity index is 604. The Balaban J connectivity index is 2.03. The summed E-state index contributed by atoms with van der Waals surface area (Å²) in [5.74, 6) is -2.07. The first-order chi connectivity index (χ1) is 9.88. The SMILES string of the molecule is O=C(O)[C@H]1CC[C@@H](C(=O)Nc2ccc([N+](=O)[O-])cc2Cl)C1. The highest BCUT2D eigenvalue weighted by Crippen LogP contribution is 2.33. The van der Waals surface area contributed by atoms with Crippen LogP contribution in [0, 0.1) is 22.0 Å². The number of carbonyl (C=O) groups is 2. The van der Waals surface area contributed by atoms with Gasteiger partial charge in [0.15, 0.2) is 0 Å². The number of nitrogens with one attached hydrogen (secondary N) is 1. The third-order valence-electron chi connectivity index (χ3n) is 3.57. The zero-order chi connectivity index (χ0) is 15.6. The molecule has 1 aliphatic carbocycles. The Labute approximate surface area is 125 Å². The summed E-state index contributed by atoms with van der Waals surface area (Å²) in [5, 5.41) is 22.2. The number of benzene rings is 1. The number of hydrogen-bond donors (Lipinski definition) is 2. The fourth-order valence-electron chi connectivity index (χ4n) is 2.40. The maximum absolute atomic E-state index is 12.1. The summed E-state index contributed by atoms with van der Waals surface area (Å²) < 4.78 is 0. The van der Waals surface area contributed by atoms with Gasteiger partial charge in [-0.2, -0.15) is 0 Å². The Morgan fingerprint density at radius 2 is 2.00 bits per heavy atom. The fourth-order valence-corrected chi connectivity index (χ4v) is 2.62. The summed E-state index contributed by atoms with van der Waals surface area (Å²) in [6, 6.07) is 3.77. The van der Waals surface area contributed by atoms with E-state index in [2.05, 4.69) is 5.32 Å². The molecule has 0 spiro atoms. The van der Waals surface area contributed by atoms with Crippen LogP contribution in [0.1, 0.15) is 19.3 Å². The third kappa shape index (κ3) is 3.49. The molecule has 0 radical (unpaired) electrons. The fraction of sp³-hybridized carbons (Fsp3) is 0.385. The molecule has 2 atom stereocenters. The molecule has 2 N–H and O–H groups in total. The van der Waals surface area contributed by atoms with Crippen LogP contribution in [-0.2, 0) is 9.59 Å². The lowest BCUT2D eigenvalue weighted by Gasteiger charge is -2.11. The second kappa shape index (κ2) is 6.09. The van der Waals surface area contributed by atoms with Crippen LogP contribution in [-0.4, -0.2) is 21.9 Å². The summed E-state index contributed by atoms with van der Waals surface area (Å²) in [4.78, 5) is 32.9. The van der Waals surface area contributed by atoms with E-state index < -0.39 is 16.8 Å². The molecule has 1 amide bonds. The molecule has 7 nitrogen and oxygen atoms in total. The highest BCUT2D eigenvalue weighted by atomic mass is 35.5. The van der Waals surface area contributed by atoms with Crippen LogP contribution in [0.3, 0.4) is 0 Å². The van der Waals surface area contributed by atoms with E-state index in [1.54, 1.807) is 0 Å². The van der Waals surface area contributed by atoms with Gasteiger partial charge in [0, 0.05) is 18.1 Å². The van der Waals surface area contributed by atoms with Crippen molar-refractivity contribution in [1.29, 1.82) is 0 Å². The van der Waals surface area contributed by atoms with Crippen LogP contribution >= 0.6 is 11.6 Å². The Hall–Kier alpha value is -2.15. The smallest absolute Gasteiger partial charge is 0.306 e. The summed E-state index contributed by atoms with van der Waals surface area (Å²) in [7, 11) is 0. The second-order valence-corrected chi connectivity index (χ2v) is 5.36. The van der Waals surface area contributed by atoms with E-state index >= 15 is 0 Å². The van der Waals surface area contributed by atoms with Crippen molar-refractivity contribution >= 4 is 34.9 Å². The molecule has 21 heavy (non-hydrogen) atoms. The standard InChI is InChI=1S/C13H13ClN2O5/c14-10-6-9(16(20)21)3-4-11(10)15-12(17)7-1-2-8(5-7)13(18)19/h3-4,6-8H,1-2,5H2,(H,15,17)(H,18,19)/t7-,8+/m1/s1. The molecule has 1 saturated carbocycles. The van der Waals surface area contributed by atoms with Gasteiger partial charge < -0.3 is 10.4 Å². The Morgan fingerprint density at radius 3 is 2.52 bits per heavy atom. The number of halogens is 1. The van der Waals surface area contributed by atoms with Crippen LogP contribution in [0.2, 0.25) is 5.02 Å². The normalized spacial score (nSPS) is 21.0. The summed E-state index contributed by atoms with van der Waals surface area (Å²) in [6.45, 7) is 0. The quantitative estimate of drug-likeness (QED) is 0.656. The van der Waals surface area contributed by atoms with E-state index in [9.17, 15) is 19.7 Å². The molecule has 0 unspecified atom stereocenters. The largest absolute Gasteiger partial charge is 0.481 e. The van der Waals surface area contributed by atoms with E-state index in [4.69, 9.17) is 16.7 Å². The van der Waals surface area contributed by atoms with Gasteiger partial charge in [0.2, 0.25) is 5.91 Å². The maximum atomic E-state index is 12.1. The van der Waals surface area contributed by atoms with Crippen LogP contribution in [0.15, 0.2) is 18.2 Å². The number of aliphatic carboxylic acids is 1. The van der Waals surface area contributed by atoms with E-state index in [0.717, 1.165) is 6.07 Å². The molecule has 1 fully saturated rings. The summed E-state index contributed by atoms with van der Waals surface area (Å²) >= 11 is 5.89. The highest BCUT2D eigenvalue weighted by Gasteiger charge is 2.34. The van der Waals surface area contributed by atoms with Crippen LogP contribution in [0.5, 0.6) is 0 Å². The molecule has 1 aromatic carbocycles. The molecule has 0 aromatic heterocycles. The van der Waals surface area contributed by atoms with Gasteiger partial charge in [-0.15, -0.1) is 0 Å². The third-order valence-corrected chi connectivity index (χ3v) is 3.89. The molecular formula is C13H13ClN2O5. The molecule has 1 aliphatic rings. The van der Waals surface area contributed by atoms with Gasteiger partial charge >= 0.3 is 5.97 Å². The van der Waals surface area contributed by atoms with Crippen molar-refractivity contribution in [2.75, 3.05) is 5.32 Å². The number of nitro benzene ring substituents is 1. The van der Waals surface area contributed by atoms with Gasteiger partial charge in [0.25, 0.3) is 5.69 Å². The van der Waals surface area contributed by atoms with Crippen LogP contribution in [0.4, 0.5) is 11.4 Å². The average molecular weight is 313 g/mol. The lowest BCUT2D eigenvalue weighted by molar-refractivity contribution is -0.384. The second-order valence-electron chi connectivity index (χ2n) is 4.96. The van der Waals surface area contributed by atoms with E-state index in [1.165, 1.54) is 12.1 Å². The van der Waals surface area contributed by atoms with E-state index in [0.29, 0.717) is 19.3 Å². The van der Waals surface area contributed by atoms with E-state index in [-0.39, 0.29) is 28.2 Å².